The summed E-state index contributed by atoms with van der Waals surface area (Å²) >= 11 is 0. The molecule has 150 valence electrons. The number of rotatable bonds is 3. The fraction of sp³-hybridized carbons (Fsp3) is 0.261. The van der Waals surface area contributed by atoms with Crippen LogP contribution in [-0.4, -0.2) is 27.6 Å². The Kier molecular flexibility index (Phi) is 5.82. The van der Waals surface area contributed by atoms with E-state index in [1.807, 2.05) is 43.3 Å². The number of hydrazine groups is 1. The Morgan fingerprint density at radius 3 is 2.45 bits per heavy atom. The van der Waals surface area contributed by atoms with Crippen LogP contribution in [0.2, 0.25) is 0 Å². The highest BCUT2D eigenvalue weighted by molar-refractivity contribution is 6.07. The van der Waals surface area contributed by atoms with Crippen LogP contribution in [-0.2, 0) is 4.74 Å². The fourth-order valence-electron chi connectivity index (χ4n) is 2.98. The van der Waals surface area contributed by atoms with Gasteiger partial charge in [0.2, 0.25) is 0 Å². The Bertz CT molecular complexity index is 1010. The molecule has 1 aromatic heterocycles. The number of fused-ring (bicyclic) bond motifs is 1. The lowest BCUT2D eigenvalue weighted by Gasteiger charge is -2.32. The predicted octanol–water partition coefficient (Wildman–Crippen LogP) is 4.88. The van der Waals surface area contributed by atoms with Gasteiger partial charge >= 0.3 is 6.09 Å². The Labute approximate surface area is 170 Å². The van der Waals surface area contributed by atoms with E-state index in [9.17, 15) is 9.59 Å². The van der Waals surface area contributed by atoms with Crippen molar-refractivity contribution in [3.63, 3.8) is 0 Å². The second kappa shape index (κ2) is 8.31. The van der Waals surface area contributed by atoms with E-state index < -0.39 is 23.6 Å². The van der Waals surface area contributed by atoms with Crippen LogP contribution < -0.4 is 5.43 Å². The van der Waals surface area contributed by atoms with Crippen LogP contribution in [0.4, 0.5) is 4.79 Å². The molecule has 29 heavy (non-hydrogen) atoms. The monoisotopic (exact) mass is 391 g/mol. The standard InChI is InChI=1S/C23H25N3O3/c1-16(17-9-6-5-7-10-17)26(22(28)29-23(2,3)4)25-21(27)20-12-8-11-18-15-24-14-13-19(18)20/h5-16H,1-4H3,(H,25,27). The fourth-order valence-corrected chi connectivity index (χ4v) is 2.98. The van der Waals surface area contributed by atoms with Gasteiger partial charge in [0.1, 0.15) is 5.60 Å². The highest BCUT2D eigenvalue weighted by atomic mass is 16.6. The van der Waals surface area contributed by atoms with Crippen LogP contribution in [0.25, 0.3) is 10.8 Å². The molecular formula is C23H25N3O3. The van der Waals surface area contributed by atoms with Gasteiger partial charge in [0.15, 0.2) is 0 Å². The van der Waals surface area contributed by atoms with Gasteiger partial charge in [0.05, 0.1) is 6.04 Å². The van der Waals surface area contributed by atoms with Crippen LogP contribution in [0, 0.1) is 0 Å². The van der Waals surface area contributed by atoms with E-state index in [1.165, 1.54) is 5.01 Å². The van der Waals surface area contributed by atoms with E-state index in [0.29, 0.717) is 5.56 Å². The number of pyridine rings is 1. The third-order valence-corrected chi connectivity index (χ3v) is 4.41. The second-order valence-corrected chi connectivity index (χ2v) is 7.78. The van der Waals surface area contributed by atoms with E-state index in [-0.39, 0.29) is 0 Å². The number of ether oxygens (including phenoxy) is 1. The first-order chi connectivity index (χ1) is 13.8. The SMILES string of the molecule is CC(c1ccccc1)N(NC(=O)c1cccc2cnccc12)C(=O)OC(C)(C)C. The molecule has 0 spiro atoms. The van der Waals surface area contributed by atoms with Gasteiger partial charge in [0, 0.05) is 23.3 Å². The lowest BCUT2D eigenvalue weighted by molar-refractivity contribution is 0.00376. The molecule has 1 unspecified atom stereocenters. The first-order valence-corrected chi connectivity index (χ1v) is 9.47. The van der Waals surface area contributed by atoms with Crippen LogP contribution in [0.3, 0.4) is 0 Å². The van der Waals surface area contributed by atoms with Gasteiger partial charge in [-0.2, -0.15) is 0 Å². The average molecular weight is 391 g/mol. The van der Waals surface area contributed by atoms with Crippen molar-refractivity contribution in [2.24, 2.45) is 0 Å². The first kappa shape index (κ1) is 20.3. The number of aromatic nitrogens is 1. The van der Waals surface area contributed by atoms with Crippen LogP contribution in [0.15, 0.2) is 67.0 Å². The minimum absolute atomic E-state index is 0.393. The number of nitrogens with zero attached hydrogens (tertiary/aromatic N) is 2. The first-order valence-electron chi connectivity index (χ1n) is 9.47. The van der Waals surface area contributed by atoms with Crippen LogP contribution in [0.5, 0.6) is 0 Å². The molecule has 1 heterocycles. The molecule has 0 radical (unpaired) electrons. The summed E-state index contributed by atoms with van der Waals surface area (Å²) in [6.07, 6.45) is 2.71. The summed E-state index contributed by atoms with van der Waals surface area (Å²) in [4.78, 5) is 30.1. The van der Waals surface area contributed by atoms with Crippen molar-refractivity contribution in [3.8, 4) is 0 Å². The summed E-state index contributed by atoms with van der Waals surface area (Å²) in [6, 6.07) is 16.2. The largest absolute Gasteiger partial charge is 0.442 e. The van der Waals surface area contributed by atoms with Crippen molar-refractivity contribution in [1.82, 2.24) is 15.4 Å². The third-order valence-electron chi connectivity index (χ3n) is 4.41. The number of carbonyl (C=O) groups excluding carboxylic acids is 2. The topological polar surface area (TPSA) is 71.5 Å². The zero-order valence-corrected chi connectivity index (χ0v) is 17.0. The van der Waals surface area contributed by atoms with Gasteiger partial charge in [-0.15, -0.1) is 0 Å². The molecule has 3 rings (SSSR count). The number of benzene rings is 2. The van der Waals surface area contributed by atoms with Gasteiger partial charge < -0.3 is 4.74 Å². The highest BCUT2D eigenvalue weighted by Crippen LogP contribution is 2.23. The molecule has 0 saturated carbocycles. The van der Waals surface area contributed by atoms with E-state index in [4.69, 9.17) is 4.74 Å². The number of nitrogens with one attached hydrogen (secondary N) is 1. The molecule has 0 fully saturated rings. The van der Waals surface area contributed by atoms with E-state index in [2.05, 4.69) is 10.4 Å². The number of amides is 2. The zero-order valence-electron chi connectivity index (χ0n) is 17.0. The van der Waals surface area contributed by atoms with Gasteiger partial charge in [-0.25, -0.2) is 9.80 Å². The number of hydrogen-bond donors (Lipinski definition) is 1. The maximum Gasteiger partial charge on any atom is 0.429 e. The Balaban J connectivity index is 1.93. The summed E-state index contributed by atoms with van der Waals surface area (Å²) in [6.45, 7) is 7.20. The van der Waals surface area contributed by atoms with E-state index in [1.54, 1.807) is 51.4 Å². The molecule has 1 atom stereocenters. The van der Waals surface area contributed by atoms with Crippen molar-refractivity contribution >= 4 is 22.8 Å². The molecule has 6 nitrogen and oxygen atoms in total. The van der Waals surface area contributed by atoms with Gasteiger partial charge in [0.25, 0.3) is 5.91 Å². The molecule has 0 aliphatic carbocycles. The van der Waals surface area contributed by atoms with E-state index in [0.717, 1.165) is 16.3 Å². The predicted molar refractivity (Wildman–Crippen MR) is 112 cm³/mol. The Morgan fingerprint density at radius 2 is 1.76 bits per heavy atom. The average Bonchev–Trinajstić information content (AvgIpc) is 2.70. The van der Waals surface area contributed by atoms with Crippen molar-refractivity contribution in [2.45, 2.75) is 39.3 Å². The summed E-state index contributed by atoms with van der Waals surface area (Å²) in [5.74, 6) is -0.393. The molecule has 2 amide bonds. The molecule has 0 saturated heterocycles. The molecular weight excluding hydrogens is 366 g/mol. The van der Waals surface area contributed by atoms with Crippen molar-refractivity contribution < 1.29 is 14.3 Å². The van der Waals surface area contributed by atoms with E-state index >= 15 is 0 Å². The van der Waals surface area contributed by atoms with Crippen molar-refractivity contribution in [3.05, 3.63) is 78.1 Å². The lowest BCUT2D eigenvalue weighted by Crippen LogP contribution is -2.49. The Hall–Kier alpha value is -3.41. The highest BCUT2D eigenvalue weighted by Gasteiger charge is 2.29. The van der Waals surface area contributed by atoms with Gasteiger partial charge in [-0.1, -0.05) is 42.5 Å². The van der Waals surface area contributed by atoms with Gasteiger partial charge in [-0.05, 0) is 50.8 Å². The van der Waals surface area contributed by atoms with Crippen LogP contribution in [0.1, 0.15) is 49.7 Å². The summed E-state index contributed by atoms with van der Waals surface area (Å²) in [5, 5.41) is 2.85. The smallest absolute Gasteiger partial charge is 0.429 e. The second-order valence-electron chi connectivity index (χ2n) is 7.78. The summed E-state index contributed by atoms with van der Waals surface area (Å²) < 4.78 is 5.53. The van der Waals surface area contributed by atoms with Crippen LogP contribution >= 0.6 is 0 Å². The molecule has 0 aliphatic heterocycles. The summed E-state index contributed by atoms with van der Waals surface area (Å²) in [5.41, 5.74) is 3.39. The summed E-state index contributed by atoms with van der Waals surface area (Å²) in [7, 11) is 0. The maximum atomic E-state index is 13.1. The molecule has 0 bridgehead atoms. The lowest BCUT2D eigenvalue weighted by atomic mass is 10.1. The minimum atomic E-state index is -0.693. The number of carbonyl (C=O) groups is 2. The molecule has 2 aromatic carbocycles. The molecule has 1 N–H and O–H groups in total. The normalized spacial score (nSPS) is 12.3. The minimum Gasteiger partial charge on any atom is -0.442 e. The molecule has 3 aromatic rings. The molecule has 0 aliphatic rings. The number of hydrogen-bond acceptors (Lipinski definition) is 4. The Morgan fingerprint density at radius 1 is 1.03 bits per heavy atom. The maximum absolute atomic E-state index is 13.1. The van der Waals surface area contributed by atoms with Crippen molar-refractivity contribution in [1.29, 1.82) is 0 Å². The van der Waals surface area contributed by atoms with Crippen molar-refractivity contribution in [2.75, 3.05) is 0 Å². The third kappa shape index (κ3) is 4.90. The van der Waals surface area contributed by atoms with Gasteiger partial charge in [-0.3, -0.25) is 15.2 Å². The zero-order chi connectivity index (χ0) is 21.0. The molecule has 6 heteroatoms. The quantitative estimate of drug-likeness (QED) is 0.646.